The number of sulfone groups is 1. The Labute approximate surface area is 231 Å². The van der Waals surface area contributed by atoms with E-state index < -0.39 is 15.1 Å². The van der Waals surface area contributed by atoms with Gasteiger partial charge in [-0.2, -0.15) is 5.26 Å². The van der Waals surface area contributed by atoms with Gasteiger partial charge >= 0.3 is 0 Å². The number of para-hydroxylation sites is 2. The highest BCUT2D eigenvalue weighted by molar-refractivity contribution is 7.92. The van der Waals surface area contributed by atoms with Gasteiger partial charge in [-0.1, -0.05) is 29.8 Å². The van der Waals surface area contributed by atoms with Crippen molar-refractivity contribution >= 4 is 38.3 Å². The number of hydrogen-bond donors (Lipinski definition) is 0. The van der Waals surface area contributed by atoms with Gasteiger partial charge in [-0.3, -0.25) is 4.90 Å². The molecule has 0 radical (unpaired) electrons. The van der Waals surface area contributed by atoms with Crippen LogP contribution in [-0.4, -0.2) is 56.3 Å². The third-order valence-corrected chi connectivity index (χ3v) is 9.04. The van der Waals surface area contributed by atoms with E-state index in [-0.39, 0.29) is 17.4 Å². The quantitative estimate of drug-likeness (QED) is 0.339. The number of halogens is 1. The van der Waals surface area contributed by atoms with Crippen LogP contribution in [0.2, 0.25) is 5.02 Å². The fourth-order valence-corrected chi connectivity index (χ4v) is 6.37. The minimum Gasteiger partial charge on any atom is -0.454 e. The summed E-state index contributed by atoms with van der Waals surface area (Å²) in [5.74, 6) is 1.93. The first-order chi connectivity index (χ1) is 18.9. The van der Waals surface area contributed by atoms with Gasteiger partial charge in [0.15, 0.2) is 22.6 Å². The molecule has 0 spiro atoms. The van der Waals surface area contributed by atoms with Crippen molar-refractivity contribution in [3.63, 3.8) is 0 Å². The second-order valence-electron chi connectivity index (χ2n) is 9.38. The Morgan fingerprint density at radius 1 is 0.923 bits per heavy atom. The van der Waals surface area contributed by atoms with Crippen molar-refractivity contribution < 1.29 is 17.9 Å². The summed E-state index contributed by atoms with van der Waals surface area (Å²) in [6, 6.07) is 21.0. The molecule has 198 valence electrons. The fourth-order valence-electron chi connectivity index (χ4n) is 4.87. The van der Waals surface area contributed by atoms with Crippen molar-refractivity contribution in [2.45, 2.75) is 16.7 Å². The Kier molecular flexibility index (Phi) is 6.73. The predicted octanol–water partition coefficient (Wildman–Crippen LogP) is 4.37. The number of piperazine rings is 1. The van der Waals surface area contributed by atoms with Gasteiger partial charge in [0, 0.05) is 37.7 Å². The highest BCUT2D eigenvalue weighted by atomic mass is 35.5. The average molecular weight is 562 g/mol. The molecule has 3 heterocycles. The van der Waals surface area contributed by atoms with E-state index in [2.05, 4.69) is 9.88 Å². The summed E-state index contributed by atoms with van der Waals surface area (Å²) >= 11 is 5.97. The zero-order valence-electron chi connectivity index (χ0n) is 20.8. The fraction of sp³-hybridized carbons (Fsp3) is 0.250. The number of fused-ring (bicyclic) bond motifs is 2. The van der Waals surface area contributed by atoms with Crippen LogP contribution in [0.25, 0.3) is 11.0 Å². The molecule has 0 saturated carbocycles. The largest absolute Gasteiger partial charge is 0.454 e. The first-order valence-corrected chi connectivity index (χ1v) is 14.4. The molecule has 2 aliphatic rings. The number of hydrogen-bond acceptors (Lipinski definition) is 9. The first-order valence-electron chi connectivity index (χ1n) is 12.4. The lowest BCUT2D eigenvalue weighted by Gasteiger charge is -2.36. The number of aromatic nitrogens is 2. The van der Waals surface area contributed by atoms with Gasteiger partial charge in [-0.05, 0) is 54.1 Å². The Morgan fingerprint density at radius 3 is 2.33 bits per heavy atom. The zero-order chi connectivity index (χ0) is 27.0. The van der Waals surface area contributed by atoms with E-state index in [1.54, 1.807) is 6.07 Å². The predicted molar refractivity (Wildman–Crippen MR) is 147 cm³/mol. The Hall–Kier alpha value is -3.91. The lowest BCUT2D eigenvalue weighted by Crippen LogP contribution is -2.46. The van der Waals surface area contributed by atoms with E-state index in [0.29, 0.717) is 35.0 Å². The molecule has 6 rings (SSSR count). The van der Waals surface area contributed by atoms with Crippen LogP contribution in [0.4, 0.5) is 5.82 Å². The van der Waals surface area contributed by atoms with Gasteiger partial charge in [0.25, 0.3) is 0 Å². The molecule has 39 heavy (non-hydrogen) atoms. The van der Waals surface area contributed by atoms with Gasteiger partial charge in [0.1, 0.15) is 5.69 Å². The van der Waals surface area contributed by atoms with Crippen LogP contribution in [-0.2, 0) is 16.4 Å². The molecule has 0 N–H and O–H groups in total. The summed E-state index contributed by atoms with van der Waals surface area (Å²) in [4.78, 5) is 13.8. The minimum absolute atomic E-state index is 0.00732. The van der Waals surface area contributed by atoms with Crippen molar-refractivity contribution in [2.75, 3.05) is 37.9 Å². The molecule has 1 atom stereocenters. The van der Waals surface area contributed by atoms with Crippen LogP contribution in [0.15, 0.2) is 71.6 Å². The highest BCUT2D eigenvalue weighted by Gasteiger charge is 2.35. The number of anilines is 1. The van der Waals surface area contributed by atoms with Crippen LogP contribution >= 0.6 is 11.6 Å². The lowest BCUT2D eigenvalue weighted by molar-refractivity contribution is 0.174. The molecule has 1 saturated heterocycles. The molecule has 2 aliphatic heterocycles. The number of benzene rings is 3. The third-order valence-electron chi connectivity index (χ3n) is 6.91. The van der Waals surface area contributed by atoms with Crippen LogP contribution in [0, 0.1) is 11.3 Å². The Balaban J connectivity index is 1.29. The lowest BCUT2D eigenvalue weighted by atomic mass is 10.1. The SMILES string of the molecule is N#C[C@@H](c1nc2ccccc2nc1N1CCN(Cc2ccc3c(c2)OCO3)CC1)S(=O)(=O)c1ccc(Cl)cc1. The molecule has 4 aromatic rings. The van der Waals surface area contributed by atoms with Gasteiger partial charge in [0.2, 0.25) is 16.6 Å². The van der Waals surface area contributed by atoms with Crippen LogP contribution in [0.5, 0.6) is 11.5 Å². The van der Waals surface area contributed by atoms with E-state index in [1.807, 2.05) is 47.4 Å². The summed E-state index contributed by atoms with van der Waals surface area (Å²) in [7, 11) is -4.09. The topological polar surface area (TPSA) is 109 Å². The van der Waals surface area contributed by atoms with E-state index in [4.69, 9.17) is 26.1 Å². The molecule has 0 aliphatic carbocycles. The molecule has 9 nitrogen and oxygen atoms in total. The Morgan fingerprint density at radius 2 is 1.62 bits per heavy atom. The molecule has 0 bridgehead atoms. The van der Waals surface area contributed by atoms with Gasteiger partial charge < -0.3 is 14.4 Å². The van der Waals surface area contributed by atoms with Crippen molar-refractivity contribution in [2.24, 2.45) is 0 Å². The van der Waals surface area contributed by atoms with Crippen LogP contribution < -0.4 is 14.4 Å². The number of rotatable bonds is 6. The summed E-state index contributed by atoms with van der Waals surface area (Å²) in [5.41, 5.74) is 2.43. The zero-order valence-corrected chi connectivity index (χ0v) is 22.4. The van der Waals surface area contributed by atoms with E-state index in [1.165, 1.54) is 24.3 Å². The van der Waals surface area contributed by atoms with Crippen LogP contribution in [0.3, 0.4) is 0 Å². The number of ether oxygens (including phenoxy) is 2. The maximum atomic E-state index is 13.6. The molecule has 11 heteroatoms. The van der Waals surface area contributed by atoms with Crippen molar-refractivity contribution in [1.82, 2.24) is 14.9 Å². The number of nitrogens with zero attached hydrogens (tertiary/aromatic N) is 5. The first kappa shape index (κ1) is 25.4. The third kappa shape index (κ3) is 4.96. The summed E-state index contributed by atoms with van der Waals surface area (Å²) in [6.45, 7) is 3.64. The molecular weight excluding hydrogens is 538 g/mol. The Bertz CT molecular complexity index is 1680. The monoisotopic (exact) mass is 561 g/mol. The molecule has 0 amide bonds. The second-order valence-corrected chi connectivity index (χ2v) is 11.8. The normalized spacial score (nSPS) is 16.3. The van der Waals surface area contributed by atoms with E-state index >= 15 is 0 Å². The number of nitriles is 1. The molecule has 1 fully saturated rings. The summed E-state index contributed by atoms with van der Waals surface area (Å²) in [6.07, 6.45) is 0. The van der Waals surface area contributed by atoms with Crippen molar-refractivity contribution in [3.8, 4) is 17.6 Å². The maximum Gasteiger partial charge on any atom is 0.231 e. The molecule has 1 aromatic heterocycles. The maximum absolute atomic E-state index is 13.6. The smallest absolute Gasteiger partial charge is 0.231 e. The van der Waals surface area contributed by atoms with Gasteiger partial charge in [0.05, 0.1) is 22.0 Å². The second kappa shape index (κ2) is 10.3. The van der Waals surface area contributed by atoms with E-state index in [0.717, 1.165) is 36.7 Å². The standard InChI is InChI=1S/C28H24ClN5O4S/c29-20-6-8-21(9-7-20)39(35,36)26(16-30)27-28(32-23-4-2-1-3-22(23)31-27)34-13-11-33(12-14-34)17-19-5-10-24-25(15-19)38-18-37-24/h1-10,15,26H,11-14,17-18H2/t26-/m0/s1. The van der Waals surface area contributed by atoms with E-state index in [9.17, 15) is 13.7 Å². The van der Waals surface area contributed by atoms with Gasteiger partial charge in [-0.15, -0.1) is 0 Å². The molecule has 0 unspecified atom stereocenters. The van der Waals surface area contributed by atoms with Crippen molar-refractivity contribution in [1.29, 1.82) is 5.26 Å². The summed E-state index contributed by atoms with van der Waals surface area (Å²) in [5, 5.41) is 9.01. The average Bonchev–Trinajstić information content (AvgIpc) is 3.42. The minimum atomic E-state index is -4.09. The molecule has 3 aromatic carbocycles. The highest BCUT2D eigenvalue weighted by Crippen LogP contribution is 2.35. The van der Waals surface area contributed by atoms with Crippen molar-refractivity contribution in [3.05, 3.63) is 83.0 Å². The van der Waals surface area contributed by atoms with Crippen LogP contribution in [0.1, 0.15) is 16.5 Å². The summed E-state index contributed by atoms with van der Waals surface area (Å²) < 4.78 is 38.1. The van der Waals surface area contributed by atoms with Gasteiger partial charge in [-0.25, -0.2) is 18.4 Å². The molecular formula is C28H24ClN5O4S.